The standard InChI is InChI=1S/C14H10F3N3O/c15-14(16,17)10-6-18-20(7-10)13-12-4-2-1-3-9(12)5-11(8-21)19-13/h1-7,21H,8H2. The van der Waals surface area contributed by atoms with Crippen LogP contribution in [-0.2, 0) is 12.8 Å². The third-order valence-corrected chi connectivity index (χ3v) is 3.06. The molecule has 0 spiro atoms. The molecular formula is C14H10F3N3O. The number of fused-ring (bicyclic) bond motifs is 1. The number of aromatic nitrogens is 3. The van der Waals surface area contributed by atoms with Crippen LogP contribution in [0.5, 0.6) is 0 Å². The largest absolute Gasteiger partial charge is 0.419 e. The van der Waals surface area contributed by atoms with Gasteiger partial charge in [0.1, 0.15) is 0 Å². The second-order valence-electron chi connectivity index (χ2n) is 4.49. The molecule has 1 N–H and O–H groups in total. The number of aliphatic hydroxyl groups excluding tert-OH is 1. The SMILES string of the molecule is OCc1cc2ccccc2c(-n2cc(C(F)(F)F)cn2)n1. The quantitative estimate of drug-likeness (QED) is 0.790. The molecule has 108 valence electrons. The second-order valence-corrected chi connectivity index (χ2v) is 4.49. The molecule has 2 heterocycles. The van der Waals surface area contributed by atoms with Gasteiger partial charge >= 0.3 is 6.18 Å². The van der Waals surface area contributed by atoms with Gasteiger partial charge in [-0.05, 0) is 11.5 Å². The number of aliphatic hydroxyl groups is 1. The smallest absolute Gasteiger partial charge is 0.390 e. The molecule has 0 fully saturated rings. The van der Waals surface area contributed by atoms with Crippen LogP contribution in [0.2, 0.25) is 0 Å². The van der Waals surface area contributed by atoms with Gasteiger partial charge in [0.25, 0.3) is 0 Å². The minimum absolute atomic E-state index is 0.257. The molecule has 0 aliphatic rings. The van der Waals surface area contributed by atoms with Crippen LogP contribution in [0.1, 0.15) is 11.3 Å². The first kappa shape index (κ1) is 13.6. The van der Waals surface area contributed by atoms with Gasteiger partial charge in [-0.1, -0.05) is 24.3 Å². The molecule has 3 rings (SSSR count). The topological polar surface area (TPSA) is 50.9 Å². The summed E-state index contributed by atoms with van der Waals surface area (Å²) in [5.41, 5.74) is -0.476. The van der Waals surface area contributed by atoms with Crippen molar-refractivity contribution in [3.63, 3.8) is 0 Å². The summed E-state index contributed by atoms with van der Waals surface area (Å²) in [6, 6.07) is 8.80. The summed E-state index contributed by atoms with van der Waals surface area (Å²) in [6.45, 7) is -0.300. The summed E-state index contributed by atoms with van der Waals surface area (Å²) < 4.78 is 39.1. The summed E-state index contributed by atoms with van der Waals surface area (Å²) in [5.74, 6) is 0.257. The lowest BCUT2D eigenvalue weighted by Crippen LogP contribution is -2.04. The van der Waals surface area contributed by atoms with Crippen molar-refractivity contribution < 1.29 is 18.3 Å². The summed E-state index contributed by atoms with van der Waals surface area (Å²) in [4.78, 5) is 4.17. The fourth-order valence-corrected chi connectivity index (χ4v) is 2.08. The summed E-state index contributed by atoms with van der Waals surface area (Å²) in [7, 11) is 0. The third-order valence-electron chi connectivity index (χ3n) is 3.06. The van der Waals surface area contributed by atoms with Gasteiger partial charge in [0, 0.05) is 11.6 Å². The Balaban J connectivity index is 2.21. The van der Waals surface area contributed by atoms with Gasteiger partial charge in [-0.3, -0.25) is 0 Å². The van der Waals surface area contributed by atoms with Gasteiger partial charge in [-0.25, -0.2) is 9.67 Å². The maximum absolute atomic E-state index is 12.7. The number of hydrogen-bond acceptors (Lipinski definition) is 3. The molecule has 4 nitrogen and oxygen atoms in total. The first-order valence-corrected chi connectivity index (χ1v) is 6.11. The summed E-state index contributed by atoms with van der Waals surface area (Å²) in [6.07, 6.45) is -2.82. The molecule has 0 bridgehead atoms. The van der Waals surface area contributed by atoms with Crippen molar-refractivity contribution >= 4 is 10.8 Å². The molecule has 0 radical (unpaired) electrons. The zero-order valence-corrected chi connectivity index (χ0v) is 10.7. The van der Waals surface area contributed by atoms with Crippen LogP contribution in [0.4, 0.5) is 13.2 Å². The molecule has 3 aromatic rings. The number of hydrogen-bond donors (Lipinski definition) is 1. The Morgan fingerprint density at radius 3 is 2.62 bits per heavy atom. The van der Waals surface area contributed by atoms with E-state index in [4.69, 9.17) is 0 Å². The molecular weight excluding hydrogens is 283 g/mol. The highest BCUT2D eigenvalue weighted by atomic mass is 19.4. The van der Waals surface area contributed by atoms with Crippen LogP contribution >= 0.6 is 0 Å². The lowest BCUT2D eigenvalue weighted by molar-refractivity contribution is -0.137. The Morgan fingerprint density at radius 2 is 1.95 bits per heavy atom. The molecule has 0 atom stereocenters. The molecule has 1 aromatic carbocycles. The highest BCUT2D eigenvalue weighted by molar-refractivity contribution is 5.88. The van der Waals surface area contributed by atoms with E-state index in [2.05, 4.69) is 10.1 Å². The number of halogens is 3. The Morgan fingerprint density at radius 1 is 1.19 bits per heavy atom. The van der Waals surface area contributed by atoms with Crippen LogP contribution < -0.4 is 0 Å². The van der Waals surface area contributed by atoms with Crippen LogP contribution in [0.25, 0.3) is 16.6 Å². The maximum Gasteiger partial charge on any atom is 0.419 e. The minimum Gasteiger partial charge on any atom is -0.390 e. The van der Waals surface area contributed by atoms with Gasteiger partial charge in [-0.15, -0.1) is 0 Å². The average molecular weight is 293 g/mol. The van der Waals surface area contributed by atoms with Gasteiger partial charge < -0.3 is 5.11 Å². The van der Waals surface area contributed by atoms with Gasteiger partial charge in [0.05, 0.1) is 24.1 Å². The number of pyridine rings is 1. The Hall–Kier alpha value is -2.41. The molecule has 0 aliphatic heterocycles. The summed E-state index contributed by atoms with van der Waals surface area (Å²) in [5, 5.41) is 14.4. The molecule has 2 aromatic heterocycles. The minimum atomic E-state index is -4.46. The van der Waals surface area contributed by atoms with Gasteiger partial charge in [0.2, 0.25) is 0 Å². The lowest BCUT2D eigenvalue weighted by Gasteiger charge is -2.08. The average Bonchev–Trinajstić information content (AvgIpc) is 2.95. The highest BCUT2D eigenvalue weighted by Gasteiger charge is 2.32. The van der Waals surface area contributed by atoms with Crippen molar-refractivity contribution in [3.05, 3.63) is 54.0 Å². The van der Waals surface area contributed by atoms with Crippen LogP contribution in [0.3, 0.4) is 0 Å². The monoisotopic (exact) mass is 293 g/mol. The molecule has 0 saturated heterocycles. The predicted molar refractivity (Wildman–Crippen MR) is 69.8 cm³/mol. The van der Waals surface area contributed by atoms with E-state index < -0.39 is 11.7 Å². The van der Waals surface area contributed by atoms with E-state index in [0.29, 0.717) is 11.1 Å². The van der Waals surface area contributed by atoms with Crippen molar-refractivity contribution in [1.29, 1.82) is 0 Å². The van der Waals surface area contributed by atoms with Crippen molar-refractivity contribution in [3.8, 4) is 5.82 Å². The van der Waals surface area contributed by atoms with E-state index in [1.54, 1.807) is 30.3 Å². The van der Waals surface area contributed by atoms with Crippen molar-refractivity contribution in [2.45, 2.75) is 12.8 Å². The number of rotatable bonds is 2. The molecule has 21 heavy (non-hydrogen) atoms. The molecule has 7 heteroatoms. The fourth-order valence-electron chi connectivity index (χ4n) is 2.08. The number of alkyl halides is 3. The molecule has 0 unspecified atom stereocenters. The van der Waals surface area contributed by atoms with E-state index in [1.165, 1.54) is 0 Å². The lowest BCUT2D eigenvalue weighted by atomic mass is 10.1. The second kappa shape index (κ2) is 4.85. The van der Waals surface area contributed by atoms with Gasteiger partial charge in [-0.2, -0.15) is 18.3 Å². The normalized spacial score (nSPS) is 12.0. The number of benzene rings is 1. The van der Waals surface area contributed by atoms with E-state index in [0.717, 1.165) is 22.5 Å². The Bertz CT molecular complexity index is 796. The van der Waals surface area contributed by atoms with E-state index in [1.807, 2.05) is 0 Å². The van der Waals surface area contributed by atoms with E-state index >= 15 is 0 Å². The Labute approximate surface area is 117 Å². The maximum atomic E-state index is 12.7. The Kier molecular flexibility index (Phi) is 3.13. The predicted octanol–water partition coefficient (Wildman–Crippen LogP) is 2.93. The fraction of sp³-hybridized carbons (Fsp3) is 0.143. The van der Waals surface area contributed by atoms with Crippen molar-refractivity contribution in [2.75, 3.05) is 0 Å². The van der Waals surface area contributed by atoms with Crippen LogP contribution in [-0.4, -0.2) is 19.9 Å². The molecule has 0 amide bonds. The van der Waals surface area contributed by atoms with Gasteiger partial charge in [0.15, 0.2) is 5.82 Å². The summed E-state index contributed by atoms with van der Waals surface area (Å²) >= 11 is 0. The molecule has 0 aliphatic carbocycles. The first-order valence-electron chi connectivity index (χ1n) is 6.11. The van der Waals surface area contributed by atoms with Crippen LogP contribution in [0, 0.1) is 0 Å². The zero-order chi connectivity index (χ0) is 15.0. The molecule has 0 saturated carbocycles. The first-order chi connectivity index (χ1) is 9.99. The van der Waals surface area contributed by atoms with E-state index in [9.17, 15) is 18.3 Å². The van der Waals surface area contributed by atoms with Crippen molar-refractivity contribution in [1.82, 2.24) is 14.8 Å². The van der Waals surface area contributed by atoms with Crippen molar-refractivity contribution in [2.24, 2.45) is 0 Å². The zero-order valence-electron chi connectivity index (χ0n) is 10.7. The van der Waals surface area contributed by atoms with E-state index in [-0.39, 0.29) is 12.4 Å². The highest BCUT2D eigenvalue weighted by Crippen LogP contribution is 2.30. The van der Waals surface area contributed by atoms with Crippen LogP contribution in [0.15, 0.2) is 42.7 Å². The third kappa shape index (κ3) is 2.47. The number of nitrogens with zero attached hydrogens (tertiary/aromatic N) is 3.